The molecule has 0 bridgehead atoms. The minimum absolute atomic E-state index is 0.264. The molecule has 3 aromatic carbocycles. The lowest BCUT2D eigenvalue weighted by Crippen LogP contribution is -2.18. The lowest BCUT2D eigenvalue weighted by molar-refractivity contribution is 0.0954. The summed E-state index contributed by atoms with van der Waals surface area (Å²) in [5.41, 5.74) is 5.72. The highest BCUT2D eigenvalue weighted by molar-refractivity contribution is 9.10. The van der Waals surface area contributed by atoms with Gasteiger partial charge >= 0.3 is 0 Å². The lowest BCUT2D eigenvalue weighted by Gasteiger charge is -2.15. The summed E-state index contributed by atoms with van der Waals surface area (Å²) in [5, 5.41) is 4.73. The molecule has 0 aliphatic rings. The minimum Gasteiger partial charge on any atom is -0.490 e. The van der Waals surface area contributed by atoms with E-state index >= 15 is 0 Å². The number of amides is 1. The molecule has 5 nitrogen and oxygen atoms in total. The maximum absolute atomic E-state index is 12.3. The number of benzene rings is 3. The van der Waals surface area contributed by atoms with Crippen LogP contribution in [-0.4, -0.2) is 18.7 Å². The van der Waals surface area contributed by atoms with Gasteiger partial charge in [-0.1, -0.05) is 41.9 Å². The minimum atomic E-state index is -0.264. The Kier molecular flexibility index (Phi) is 8.09. The topological polar surface area (TPSA) is 59.9 Å². The van der Waals surface area contributed by atoms with E-state index in [0.717, 1.165) is 16.7 Å². The molecule has 0 saturated carbocycles. The Labute approximate surface area is 195 Å². The molecular formula is C24H22BrClN2O3. The number of hydrogen-bond donors (Lipinski definition) is 1. The number of hydrazone groups is 1. The van der Waals surface area contributed by atoms with Crippen molar-refractivity contribution < 1.29 is 14.3 Å². The molecule has 3 rings (SSSR count). The van der Waals surface area contributed by atoms with Crippen molar-refractivity contribution in [2.45, 2.75) is 20.5 Å². The number of rotatable bonds is 8. The van der Waals surface area contributed by atoms with Crippen molar-refractivity contribution in [2.75, 3.05) is 6.61 Å². The summed E-state index contributed by atoms with van der Waals surface area (Å²) in [7, 11) is 0. The molecule has 0 fully saturated rings. The van der Waals surface area contributed by atoms with Crippen LogP contribution in [0.1, 0.15) is 34.0 Å². The number of carbonyl (C=O) groups excluding carboxylic acids is 1. The maximum Gasteiger partial charge on any atom is 0.271 e. The Morgan fingerprint density at radius 2 is 1.94 bits per heavy atom. The number of halogens is 2. The van der Waals surface area contributed by atoms with Crippen LogP contribution in [0, 0.1) is 6.92 Å². The Morgan fingerprint density at radius 3 is 2.68 bits per heavy atom. The molecule has 3 aromatic rings. The van der Waals surface area contributed by atoms with Gasteiger partial charge in [0.1, 0.15) is 6.61 Å². The van der Waals surface area contributed by atoms with Crippen molar-refractivity contribution >= 4 is 39.7 Å². The van der Waals surface area contributed by atoms with Gasteiger partial charge in [0.2, 0.25) is 0 Å². The van der Waals surface area contributed by atoms with Gasteiger partial charge in [-0.05, 0) is 76.8 Å². The van der Waals surface area contributed by atoms with Crippen LogP contribution in [0.4, 0.5) is 0 Å². The van der Waals surface area contributed by atoms with E-state index in [9.17, 15) is 4.79 Å². The number of ether oxygens (including phenoxy) is 2. The molecule has 160 valence electrons. The monoisotopic (exact) mass is 500 g/mol. The van der Waals surface area contributed by atoms with Gasteiger partial charge in [0.15, 0.2) is 11.5 Å². The summed E-state index contributed by atoms with van der Waals surface area (Å²) < 4.78 is 12.5. The van der Waals surface area contributed by atoms with E-state index in [1.54, 1.807) is 12.3 Å². The Morgan fingerprint density at radius 1 is 1.13 bits per heavy atom. The van der Waals surface area contributed by atoms with Crippen molar-refractivity contribution in [1.29, 1.82) is 0 Å². The number of carbonyl (C=O) groups is 1. The first-order valence-corrected chi connectivity index (χ1v) is 10.9. The van der Waals surface area contributed by atoms with E-state index in [1.807, 2.05) is 68.4 Å². The third-order valence-electron chi connectivity index (χ3n) is 4.37. The highest BCUT2D eigenvalue weighted by atomic mass is 79.9. The average molecular weight is 502 g/mol. The fourth-order valence-electron chi connectivity index (χ4n) is 2.90. The third-order valence-corrected chi connectivity index (χ3v) is 5.20. The first-order chi connectivity index (χ1) is 15.0. The van der Waals surface area contributed by atoms with Crippen molar-refractivity contribution in [3.05, 3.63) is 92.4 Å². The van der Waals surface area contributed by atoms with E-state index in [-0.39, 0.29) is 5.91 Å². The highest BCUT2D eigenvalue weighted by Crippen LogP contribution is 2.37. The largest absolute Gasteiger partial charge is 0.490 e. The van der Waals surface area contributed by atoms with Crippen molar-refractivity contribution in [1.82, 2.24) is 5.43 Å². The molecular weight excluding hydrogens is 480 g/mol. The number of nitrogens with zero attached hydrogens (tertiary/aromatic N) is 1. The standard InChI is InChI=1S/C24H22BrClN2O3/c1-3-30-22-13-18(14-27-28-24(29)20-10-5-4-7-16(20)2)12-21(25)23(22)31-15-17-8-6-9-19(26)11-17/h4-14H,3,15H2,1-2H3,(H,28,29)/b27-14+. The zero-order chi connectivity index (χ0) is 22.2. The second-order valence-electron chi connectivity index (χ2n) is 6.70. The van der Waals surface area contributed by atoms with Gasteiger partial charge in [0.05, 0.1) is 17.3 Å². The van der Waals surface area contributed by atoms with Crippen LogP contribution in [0.15, 0.2) is 70.2 Å². The second-order valence-corrected chi connectivity index (χ2v) is 7.99. The van der Waals surface area contributed by atoms with Gasteiger partial charge in [-0.25, -0.2) is 5.43 Å². The van der Waals surface area contributed by atoms with Crippen molar-refractivity contribution in [2.24, 2.45) is 5.10 Å². The number of aryl methyl sites for hydroxylation is 1. The van der Waals surface area contributed by atoms with Gasteiger partial charge < -0.3 is 9.47 Å². The van der Waals surface area contributed by atoms with Gasteiger partial charge in [-0.2, -0.15) is 5.10 Å². The van der Waals surface area contributed by atoms with Crippen LogP contribution in [-0.2, 0) is 6.61 Å². The van der Waals surface area contributed by atoms with Gasteiger partial charge in [-0.3, -0.25) is 4.79 Å². The average Bonchev–Trinajstić information content (AvgIpc) is 2.73. The summed E-state index contributed by atoms with van der Waals surface area (Å²) in [6, 6.07) is 18.5. The van der Waals surface area contributed by atoms with Crippen molar-refractivity contribution in [3.8, 4) is 11.5 Å². The molecule has 0 aliphatic carbocycles. The van der Waals surface area contributed by atoms with Crippen molar-refractivity contribution in [3.63, 3.8) is 0 Å². The van der Waals surface area contributed by atoms with Crippen LogP contribution < -0.4 is 14.9 Å². The first kappa shape index (κ1) is 22.8. The van der Waals surface area contributed by atoms with E-state index in [2.05, 4.69) is 26.5 Å². The molecule has 1 amide bonds. The summed E-state index contributed by atoms with van der Waals surface area (Å²) >= 11 is 9.59. The van der Waals surface area contributed by atoms with Gasteiger partial charge in [0.25, 0.3) is 5.91 Å². The van der Waals surface area contributed by atoms with Crippen LogP contribution in [0.3, 0.4) is 0 Å². The summed E-state index contributed by atoms with van der Waals surface area (Å²) in [6.45, 7) is 4.60. The quantitative estimate of drug-likeness (QED) is 0.297. The maximum atomic E-state index is 12.3. The second kappa shape index (κ2) is 11.0. The zero-order valence-corrected chi connectivity index (χ0v) is 19.5. The normalized spacial score (nSPS) is 10.8. The fraction of sp³-hybridized carbons (Fsp3) is 0.167. The zero-order valence-electron chi connectivity index (χ0n) is 17.2. The highest BCUT2D eigenvalue weighted by Gasteiger charge is 2.13. The SMILES string of the molecule is CCOc1cc(/C=N/NC(=O)c2ccccc2C)cc(Br)c1OCc1cccc(Cl)c1. The molecule has 0 spiro atoms. The van der Waals surface area contributed by atoms with E-state index in [0.29, 0.717) is 39.8 Å². The smallest absolute Gasteiger partial charge is 0.271 e. The molecule has 0 saturated heterocycles. The summed E-state index contributed by atoms with van der Waals surface area (Å²) in [6.07, 6.45) is 1.56. The molecule has 0 radical (unpaired) electrons. The fourth-order valence-corrected chi connectivity index (χ4v) is 3.69. The predicted octanol–water partition coefficient (Wildman–Crippen LogP) is 6.15. The van der Waals surface area contributed by atoms with Crippen LogP contribution in [0.5, 0.6) is 11.5 Å². The van der Waals surface area contributed by atoms with Gasteiger partial charge in [-0.15, -0.1) is 0 Å². The van der Waals surface area contributed by atoms with Crippen LogP contribution in [0.25, 0.3) is 0 Å². The van der Waals surface area contributed by atoms with Crippen LogP contribution in [0.2, 0.25) is 5.02 Å². The molecule has 7 heteroatoms. The Hall–Kier alpha value is -2.83. The lowest BCUT2D eigenvalue weighted by atomic mass is 10.1. The molecule has 1 N–H and O–H groups in total. The first-order valence-electron chi connectivity index (χ1n) is 9.70. The molecule has 0 aromatic heterocycles. The molecule has 0 atom stereocenters. The van der Waals surface area contributed by atoms with E-state index in [1.165, 1.54) is 0 Å². The summed E-state index contributed by atoms with van der Waals surface area (Å²) in [5.74, 6) is 0.897. The van der Waals surface area contributed by atoms with Crippen LogP contribution >= 0.6 is 27.5 Å². The Balaban J connectivity index is 1.73. The van der Waals surface area contributed by atoms with Gasteiger partial charge in [0, 0.05) is 10.6 Å². The Bertz CT molecular complexity index is 1100. The molecule has 0 aliphatic heterocycles. The molecule has 0 heterocycles. The molecule has 0 unspecified atom stereocenters. The van der Waals surface area contributed by atoms with E-state index in [4.69, 9.17) is 21.1 Å². The third kappa shape index (κ3) is 6.32. The predicted molar refractivity (Wildman–Crippen MR) is 127 cm³/mol. The summed E-state index contributed by atoms with van der Waals surface area (Å²) in [4.78, 5) is 12.3. The number of hydrogen-bond acceptors (Lipinski definition) is 4. The molecule has 31 heavy (non-hydrogen) atoms. The van der Waals surface area contributed by atoms with E-state index < -0.39 is 0 Å². The number of nitrogens with one attached hydrogen (secondary N) is 1.